The number of fused-ring (bicyclic) bond motifs is 1. The lowest BCUT2D eigenvalue weighted by atomic mass is 9.78. The number of para-hydroxylation sites is 1. The molecule has 5 nitrogen and oxygen atoms in total. The fraction of sp³-hybridized carbons (Fsp3) is 0.407. The van der Waals surface area contributed by atoms with Crippen LogP contribution >= 0.6 is 0 Å². The maximum atomic E-state index is 12.9. The molecule has 2 heterocycles. The lowest BCUT2D eigenvalue weighted by Crippen LogP contribution is -2.40. The van der Waals surface area contributed by atoms with Gasteiger partial charge in [0.15, 0.2) is 0 Å². The van der Waals surface area contributed by atoms with Crippen molar-refractivity contribution in [2.24, 2.45) is 5.92 Å². The molecule has 1 fully saturated rings. The van der Waals surface area contributed by atoms with E-state index in [0.717, 1.165) is 37.9 Å². The van der Waals surface area contributed by atoms with Crippen LogP contribution in [0.25, 0.3) is 10.9 Å². The summed E-state index contributed by atoms with van der Waals surface area (Å²) < 4.78 is 5.24. The van der Waals surface area contributed by atoms with Crippen molar-refractivity contribution in [3.8, 4) is 0 Å². The quantitative estimate of drug-likeness (QED) is 0.505. The van der Waals surface area contributed by atoms with Crippen LogP contribution in [0.5, 0.6) is 0 Å². The number of amides is 1. The minimum Gasteiger partial charge on any atom is -0.466 e. The highest BCUT2D eigenvalue weighted by Gasteiger charge is 2.31. The van der Waals surface area contributed by atoms with Gasteiger partial charge in [-0.2, -0.15) is 0 Å². The van der Waals surface area contributed by atoms with Gasteiger partial charge in [-0.3, -0.25) is 9.59 Å². The predicted octanol–water partition coefficient (Wildman–Crippen LogP) is 5.08. The minimum absolute atomic E-state index is 0.138. The maximum Gasteiger partial charge on any atom is 0.306 e. The monoisotopic (exact) mass is 432 g/mol. The van der Waals surface area contributed by atoms with Gasteiger partial charge in [-0.1, -0.05) is 48.5 Å². The fourth-order valence-electron chi connectivity index (χ4n) is 4.95. The topological polar surface area (TPSA) is 62.4 Å². The summed E-state index contributed by atoms with van der Waals surface area (Å²) in [5.41, 5.74) is 3.50. The van der Waals surface area contributed by atoms with Gasteiger partial charge in [0.05, 0.1) is 13.0 Å². The maximum absolute atomic E-state index is 12.9. The van der Waals surface area contributed by atoms with Crippen LogP contribution in [0.15, 0.2) is 60.8 Å². The van der Waals surface area contributed by atoms with Crippen molar-refractivity contribution in [2.75, 3.05) is 19.7 Å². The first-order valence-electron chi connectivity index (χ1n) is 11.7. The minimum atomic E-state index is -0.140. The number of ether oxygens (including phenoxy) is 1. The average Bonchev–Trinajstić information content (AvgIpc) is 3.25. The number of likely N-dealkylation sites (tertiary alicyclic amines) is 1. The number of rotatable bonds is 8. The number of aryl methyl sites for hydroxylation is 1. The number of carbonyl (C=O) groups excluding carboxylic acids is 2. The third-order valence-electron chi connectivity index (χ3n) is 6.66. The Kier molecular flexibility index (Phi) is 7.25. The molecule has 5 heteroatoms. The predicted molar refractivity (Wildman–Crippen MR) is 126 cm³/mol. The number of aromatic nitrogens is 1. The Balaban J connectivity index is 1.34. The number of esters is 1. The van der Waals surface area contributed by atoms with E-state index in [-0.39, 0.29) is 17.8 Å². The molecule has 1 saturated heterocycles. The Labute approximate surface area is 189 Å². The highest BCUT2D eigenvalue weighted by atomic mass is 16.5. The van der Waals surface area contributed by atoms with Crippen LogP contribution in [-0.4, -0.2) is 41.5 Å². The number of benzene rings is 2. The van der Waals surface area contributed by atoms with Gasteiger partial charge in [-0.25, -0.2) is 0 Å². The van der Waals surface area contributed by atoms with Gasteiger partial charge in [0.2, 0.25) is 5.91 Å². The summed E-state index contributed by atoms with van der Waals surface area (Å²) in [5, 5.41) is 1.20. The summed E-state index contributed by atoms with van der Waals surface area (Å²) in [5.74, 6) is 0.590. The van der Waals surface area contributed by atoms with E-state index < -0.39 is 0 Å². The molecule has 0 radical (unpaired) electrons. The summed E-state index contributed by atoms with van der Waals surface area (Å²) in [7, 11) is 0. The van der Waals surface area contributed by atoms with Crippen LogP contribution in [0.3, 0.4) is 0 Å². The molecule has 0 spiro atoms. The molecule has 3 aromatic rings. The van der Waals surface area contributed by atoms with Crippen molar-refractivity contribution in [3.63, 3.8) is 0 Å². The zero-order chi connectivity index (χ0) is 22.3. The van der Waals surface area contributed by atoms with Gasteiger partial charge in [0, 0.05) is 36.6 Å². The van der Waals surface area contributed by atoms with Crippen LogP contribution in [0.4, 0.5) is 0 Å². The summed E-state index contributed by atoms with van der Waals surface area (Å²) >= 11 is 0. The molecule has 1 N–H and O–H groups in total. The molecule has 1 amide bonds. The number of nitrogens with one attached hydrogen (secondary N) is 1. The second-order valence-corrected chi connectivity index (χ2v) is 8.60. The summed E-state index contributed by atoms with van der Waals surface area (Å²) in [4.78, 5) is 30.4. The van der Waals surface area contributed by atoms with Crippen LogP contribution < -0.4 is 0 Å². The van der Waals surface area contributed by atoms with E-state index >= 15 is 0 Å². The highest BCUT2D eigenvalue weighted by molar-refractivity contribution is 5.84. The molecule has 1 aliphatic heterocycles. The molecule has 1 aromatic heterocycles. The molecule has 4 rings (SSSR count). The Morgan fingerprint density at radius 1 is 1.06 bits per heavy atom. The van der Waals surface area contributed by atoms with Gasteiger partial charge in [-0.05, 0) is 55.2 Å². The van der Waals surface area contributed by atoms with E-state index in [1.807, 2.05) is 48.4 Å². The number of carbonyl (C=O) groups is 2. The second-order valence-electron chi connectivity index (χ2n) is 8.60. The Morgan fingerprint density at radius 3 is 2.53 bits per heavy atom. The smallest absolute Gasteiger partial charge is 0.306 e. The standard InChI is InChI=1S/C27H32N2O3/c1-2-32-27(31)18-24(20-8-4-3-5-9-20)21-14-16-29(17-15-21)26(30)13-12-22-19-28-25-11-7-6-10-23(22)25/h3-11,19,21,24,28H,2,12-18H2,1H3/t24-/m0/s1. The average molecular weight is 433 g/mol. The van der Waals surface area contributed by atoms with Crippen LogP contribution in [-0.2, 0) is 20.7 Å². The molecule has 1 atom stereocenters. The number of H-pyrrole nitrogens is 1. The first kappa shape index (κ1) is 22.1. The second kappa shape index (κ2) is 10.5. The van der Waals surface area contributed by atoms with E-state index in [1.165, 1.54) is 16.5 Å². The summed E-state index contributed by atoms with van der Waals surface area (Å²) in [6.07, 6.45) is 5.52. The van der Waals surface area contributed by atoms with Crippen molar-refractivity contribution >= 4 is 22.8 Å². The highest BCUT2D eigenvalue weighted by Crippen LogP contribution is 2.36. The molecule has 168 valence electrons. The number of aromatic amines is 1. The zero-order valence-corrected chi connectivity index (χ0v) is 18.8. The first-order chi connectivity index (χ1) is 15.7. The van der Waals surface area contributed by atoms with Gasteiger partial charge < -0.3 is 14.6 Å². The third-order valence-corrected chi connectivity index (χ3v) is 6.66. The van der Waals surface area contributed by atoms with Gasteiger partial charge in [0.1, 0.15) is 0 Å². The van der Waals surface area contributed by atoms with Crippen LogP contribution in [0, 0.1) is 5.92 Å². The molecule has 0 bridgehead atoms. The van der Waals surface area contributed by atoms with E-state index in [0.29, 0.717) is 25.4 Å². The Hall–Kier alpha value is -3.08. The molecule has 1 aliphatic rings. The molecule has 0 saturated carbocycles. The Morgan fingerprint density at radius 2 is 1.78 bits per heavy atom. The summed E-state index contributed by atoms with van der Waals surface area (Å²) in [6, 6.07) is 18.5. The van der Waals surface area contributed by atoms with E-state index in [4.69, 9.17) is 4.74 Å². The summed E-state index contributed by atoms with van der Waals surface area (Å²) in [6.45, 7) is 3.76. The van der Waals surface area contributed by atoms with E-state index in [9.17, 15) is 9.59 Å². The SMILES string of the molecule is CCOC(=O)C[C@@H](c1ccccc1)C1CCN(C(=O)CCc2c[nH]c3ccccc23)CC1. The van der Waals surface area contributed by atoms with Crippen LogP contribution in [0.1, 0.15) is 49.7 Å². The fourth-order valence-corrected chi connectivity index (χ4v) is 4.95. The number of nitrogens with zero attached hydrogens (tertiary/aromatic N) is 1. The first-order valence-corrected chi connectivity index (χ1v) is 11.7. The molecule has 0 aliphatic carbocycles. The third kappa shape index (κ3) is 5.21. The number of piperidine rings is 1. The normalized spacial score (nSPS) is 15.6. The van der Waals surface area contributed by atoms with Crippen molar-refractivity contribution < 1.29 is 14.3 Å². The molecular formula is C27H32N2O3. The van der Waals surface area contributed by atoms with Gasteiger partial charge in [-0.15, -0.1) is 0 Å². The van der Waals surface area contributed by atoms with E-state index in [2.05, 4.69) is 29.2 Å². The molecule has 32 heavy (non-hydrogen) atoms. The lowest BCUT2D eigenvalue weighted by Gasteiger charge is -2.36. The lowest BCUT2D eigenvalue weighted by molar-refractivity contribution is -0.144. The molecule has 0 unspecified atom stereocenters. The number of hydrogen-bond acceptors (Lipinski definition) is 3. The van der Waals surface area contributed by atoms with Gasteiger partial charge in [0.25, 0.3) is 0 Å². The van der Waals surface area contributed by atoms with Crippen LogP contribution in [0.2, 0.25) is 0 Å². The number of hydrogen-bond donors (Lipinski definition) is 1. The zero-order valence-electron chi connectivity index (χ0n) is 18.8. The molecular weight excluding hydrogens is 400 g/mol. The Bertz CT molecular complexity index is 1040. The van der Waals surface area contributed by atoms with Crippen molar-refractivity contribution in [3.05, 3.63) is 71.9 Å². The van der Waals surface area contributed by atoms with Crippen molar-refractivity contribution in [2.45, 2.75) is 44.9 Å². The van der Waals surface area contributed by atoms with E-state index in [1.54, 1.807) is 0 Å². The molecule has 2 aromatic carbocycles. The largest absolute Gasteiger partial charge is 0.466 e. The van der Waals surface area contributed by atoms with Crippen molar-refractivity contribution in [1.29, 1.82) is 0 Å². The van der Waals surface area contributed by atoms with Crippen molar-refractivity contribution in [1.82, 2.24) is 9.88 Å². The van der Waals surface area contributed by atoms with Gasteiger partial charge >= 0.3 is 5.97 Å².